The van der Waals surface area contributed by atoms with E-state index >= 15 is 0 Å². The zero-order valence-corrected chi connectivity index (χ0v) is 10.2. The van der Waals surface area contributed by atoms with Crippen LogP contribution >= 0.6 is 0 Å². The van der Waals surface area contributed by atoms with E-state index in [1.165, 1.54) is 5.56 Å². The van der Waals surface area contributed by atoms with E-state index in [2.05, 4.69) is 24.3 Å². The molecule has 1 rings (SSSR count). The quantitative estimate of drug-likeness (QED) is 0.546. The first-order valence-corrected chi connectivity index (χ1v) is 7.04. The molecule has 1 aromatic rings. The van der Waals surface area contributed by atoms with E-state index in [0.717, 1.165) is 10.8 Å². The summed E-state index contributed by atoms with van der Waals surface area (Å²) in [5.41, 5.74) is 2.29. The topological polar surface area (TPSA) is 18.5 Å². The van der Waals surface area contributed by atoms with Gasteiger partial charge in [-0.2, -0.15) is 0 Å². The number of rotatable bonds is 7. The summed E-state index contributed by atoms with van der Waals surface area (Å²) in [6, 6.07) is 10.5. The third-order valence-electron chi connectivity index (χ3n) is 1.71. The van der Waals surface area contributed by atoms with E-state index in [-0.39, 0.29) is 0 Å². The monoisotopic (exact) mass is 260 g/mol. The molecule has 0 bridgehead atoms. The maximum atomic E-state index is 5.40. The van der Waals surface area contributed by atoms with Gasteiger partial charge in [0.2, 0.25) is 0 Å². The van der Waals surface area contributed by atoms with E-state index in [1.807, 2.05) is 6.07 Å². The van der Waals surface area contributed by atoms with Crippen molar-refractivity contribution in [3.8, 4) is 0 Å². The van der Waals surface area contributed by atoms with Crippen molar-refractivity contribution in [2.75, 3.05) is 25.8 Å². The minimum absolute atomic E-state index is 0.551. The Labute approximate surface area is 91.8 Å². The molecule has 3 heteroatoms. The third-order valence-corrected chi connectivity index (χ3v) is 3.54. The molecule has 0 atom stereocenters. The van der Waals surface area contributed by atoms with Crippen molar-refractivity contribution in [1.29, 1.82) is 0 Å². The van der Waals surface area contributed by atoms with Crippen LogP contribution in [0, 0.1) is 0 Å². The Morgan fingerprint density at radius 3 is 2.64 bits per heavy atom. The summed E-state index contributed by atoms with van der Waals surface area (Å²) >= 11 is 0.551. The van der Waals surface area contributed by atoms with Crippen LogP contribution in [0.25, 0.3) is 0 Å². The number of methoxy groups -OCH3 is 1. The molecule has 0 aromatic heterocycles. The second kappa shape index (κ2) is 8.01. The standard InChI is InChI=1S/C11H16O2Se/c1-12-7-8-13-10-14-9-11-5-3-2-4-6-11/h2-6H,7-10H2,1H3. The number of hydrogen-bond acceptors (Lipinski definition) is 2. The summed E-state index contributed by atoms with van der Waals surface area (Å²) in [4.78, 5) is 0. The van der Waals surface area contributed by atoms with Crippen LogP contribution in [0.15, 0.2) is 30.3 Å². The van der Waals surface area contributed by atoms with Gasteiger partial charge in [-0.25, -0.2) is 0 Å². The second-order valence-corrected chi connectivity index (χ2v) is 4.81. The van der Waals surface area contributed by atoms with E-state index in [0.29, 0.717) is 28.2 Å². The second-order valence-electron chi connectivity index (χ2n) is 2.85. The van der Waals surface area contributed by atoms with E-state index in [9.17, 15) is 0 Å². The molecular weight excluding hydrogens is 243 g/mol. The summed E-state index contributed by atoms with van der Waals surface area (Å²) in [5, 5.41) is 1.15. The van der Waals surface area contributed by atoms with Crippen LogP contribution in [-0.4, -0.2) is 40.8 Å². The fourth-order valence-electron chi connectivity index (χ4n) is 0.994. The van der Waals surface area contributed by atoms with Crippen molar-refractivity contribution in [2.45, 2.75) is 5.32 Å². The normalized spacial score (nSPS) is 10.4. The van der Waals surface area contributed by atoms with Crippen LogP contribution in [0.2, 0.25) is 0 Å². The van der Waals surface area contributed by atoms with Crippen LogP contribution in [0.4, 0.5) is 0 Å². The van der Waals surface area contributed by atoms with Gasteiger partial charge in [-0.15, -0.1) is 0 Å². The van der Waals surface area contributed by atoms with Crippen molar-refractivity contribution < 1.29 is 9.47 Å². The summed E-state index contributed by atoms with van der Waals surface area (Å²) < 4.78 is 10.3. The van der Waals surface area contributed by atoms with Crippen LogP contribution in [0.1, 0.15) is 5.56 Å². The van der Waals surface area contributed by atoms with Crippen molar-refractivity contribution >= 4 is 15.0 Å². The Hall–Kier alpha value is -0.341. The molecule has 0 aliphatic carbocycles. The summed E-state index contributed by atoms with van der Waals surface area (Å²) in [5.74, 6) is 0. The molecule has 14 heavy (non-hydrogen) atoms. The van der Waals surface area contributed by atoms with Gasteiger partial charge >= 0.3 is 91.5 Å². The maximum absolute atomic E-state index is 5.40. The molecule has 0 radical (unpaired) electrons. The van der Waals surface area contributed by atoms with Gasteiger partial charge in [0, 0.05) is 0 Å². The number of ether oxygens (including phenoxy) is 2. The molecule has 0 saturated carbocycles. The predicted molar refractivity (Wildman–Crippen MR) is 58.6 cm³/mol. The molecule has 2 nitrogen and oxygen atoms in total. The minimum atomic E-state index is 0.551. The zero-order chi connectivity index (χ0) is 10.1. The Morgan fingerprint density at radius 2 is 1.93 bits per heavy atom. The van der Waals surface area contributed by atoms with E-state index in [1.54, 1.807) is 7.11 Å². The molecule has 0 aliphatic rings. The third kappa shape index (κ3) is 5.40. The predicted octanol–water partition coefficient (Wildman–Crippen LogP) is 1.51. The van der Waals surface area contributed by atoms with Crippen LogP contribution in [0.5, 0.6) is 0 Å². The molecule has 0 amide bonds. The fourth-order valence-corrected chi connectivity index (χ4v) is 2.56. The van der Waals surface area contributed by atoms with Crippen molar-refractivity contribution in [3.63, 3.8) is 0 Å². The molecule has 0 spiro atoms. The Bertz CT molecular complexity index is 226. The molecule has 0 fully saturated rings. The molecule has 0 heterocycles. The van der Waals surface area contributed by atoms with Crippen molar-refractivity contribution in [1.82, 2.24) is 0 Å². The van der Waals surface area contributed by atoms with Crippen LogP contribution in [-0.2, 0) is 14.8 Å². The fraction of sp³-hybridized carbons (Fsp3) is 0.455. The SMILES string of the molecule is COCCOC[Se]Cc1ccccc1. The molecule has 0 aliphatic heterocycles. The van der Waals surface area contributed by atoms with Crippen molar-refractivity contribution in [2.24, 2.45) is 0 Å². The zero-order valence-electron chi connectivity index (χ0n) is 8.44. The summed E-state index contributed by atoms with van der Waals surface area (Å²) in [6.45, 7) is 1.41. The molecule has 0 N–H and O–H groups in total. The average molecular weight is 259 g/mol. The van der Waals surface area contributed by atoms with E-state index in [4.69, 9.17) is 9.47 Å². The van der Waals surface area contributed by atoms with Gasteiger partial charge < -0.3 is 0 Å². The van der Waals surface area contributed by atoms with E-state index < -0.39 is 0 Å². The number of benzene rings is 1. The van der Waals surface area contributed by atoms with Gasteiger partial charge in [0.05, 0.1) is 0 Å². The molecular formula is C11H16O2Se. The Balaban J connectivity index is 1.99. The first kappa shape index (κ1) is 11.7. The molecule has 1 aromatic carbocycles. The van der Waals surface area contributed by atoms with Crippen LogP contribution < -0.4 is 0 Å². The van der Waals surface area contributed by atoms with Gasteiger partial charge in [-0.05, 0) is 0 Å². The van der Waals surface area contributed by atoms with Crippen molar-refractivity contribution in [3.05, 3.63) is 35.9 Å². The van der Waals surface area contributed by atoms with Gasteiger partial charge in [0.25, 0.3) is 0 Å². The summed E-state index contributed by atoms with van der Waals surface area (Å²) in [6.07, 6.45) is 0. The molecule has 0 unspecified atom stereocenters. The summed E-state index contributed by atoms with van der Waals surface area (Å²) in [7, 11) is 1.69. The molecule has 0 saturated heterocycles. The first-order valence-electron chi connectivity index (χ1n) is 4.62. The first-order chi connectivity index (χ1) is 6.93. The Kier molecular flexibility index (Phi) is 6.71. The van der Waals surface area contributed by atoms with Gasteiger partial charge in [0.15, 0.2) is 0 Å². The van der Waals surface area contributed by atoms with Gasteiger partial charge in [0.1, 0.15) is 0 Å². The van der Waals surface area contributed by atoms with Gasteiger partial charge in [-0.1, -0.05) is 0 Å². The molecule has 78 valence electrons. The van der Waals surface area contributed by atoms with Gasteiger partial charge in [-0.3, -0.25) is 0 Å². The number of hydrogen-bond donors (Lipinski definition) is 0. The average Bonchev–Trinajstić information content (AvgIpc) is 2.25. The van der Waals surface area contributed by atoms with Crippen LogP contribution in [0.3, 0.4) is 0 Å². The Morgan fingerprint density at radius 1 is 1.14 bits per heavy atom.